The molecule has 1 aromatic heterocycles. The second-order valence-electron chi connectivity index (χ2n) is 7.32. The number of ether oxygens (including phenoxy) is 1. The van der Waals surface area contributed by atoms with Crippen LogP contribution in [0.15, 0.2) is 77.0 Å². The van der Waals surface area contributed by atoms with Crippen molar-refractivity contribution in [2.45, 2.75) is 11.8 Å². The molecule has 0 aliphatic rings. The zero-order chi connectivity index (χ0) is 24.3. The highest BCUT2D eigenvalue weighted by molar-refractivity contribution is 7.92. The first-order chi connectivity index (χ1) is 16.2. The predicted molar refractivity (Wildman–Crippen MR) is 135 cm³/mol. The Morgan fingerprint density at radius 3 is 2.53 bits per heavy atom. The van der Waals surface area contributed by atoms with Crippen molar-refractivity contribution in [2.75, 3.05) is 17.1 Å². The average molecular weight is 514 g/mol. The third-order valence-electron chi connectivity index (χ3n) is 4.92. The summed E-state index contributed by atoms with van der Waals surface area (Å²) in [5.41, 5.74) is 3.17. The number of aryl methyl sites for hydroxylation is 1. The molecular formula is C24H20ClN3O4S2. The van der Waals surface area contributed by atoms with Crippen LogP contribution in [0, 0.1) is 6.92 Å². The van der Waals surface area contributed by atoms with E-state index in [1.54, 1.807) is 25.3 Å². The Morgan fingerprint density at radius 2 is 1.82 bits per heavy atom. The van der Waals surface area contributed by atoms with Crippen LogP contribution in [-0.4, -0.2) is 26.4 Å². The van der Waals surface area contributed by atoms with Gasteiger partial charge in [0.2, 0.25) is 0 Å². The fraction of sp³-hybridized carbons (Fsp3) is 0.0833. The van der Waals surface area contributed by atoms with Crippen molar-refractivity contribution < 1.29 is 17.9 Å². The Morgan fingerprint density at radius 1 is 1.06 bits per heavy atom. The first-order valence-electron chi connectivity index (χ1n) is 10.1. The number of nitrogens with one attached hydrogen (secondary N) is 2. The highest BCUT2D eigenvalue weighted by atomic mass is 35.5. The number of hydrogen-bond donors (Lipinski definition) is 2. The van der Waals surface area contributed by atoms with Crippen LogP contribution in [0.5, 0.6) is 5.75 Å². The summed E-state index contributed by atoms with van der Waals surface area (Å²) >= 11 is 7.13. The zero-order valence-corrected chi connectivity index (χ0v) is 20.6. The number of thiazole rings is 1. The number of aromatic nitrogens is 1. The maximum absolute atomic E-state index is 12.8. The number of nitrogens with zero attached hydrogens (tertiary/aromatic N) is 1. The van der Waals surface area contributed by atoms with Crippen molar-refractivity contribution in [2.24, 2.45) is 0 Å². The van der Waals surface area contributed by atoms with Gasteiger partial charge in [0.05, 0.1) is 17.7 Å². The Bertz CT molecular complexity index is 1450. The van der Waals surface area contributed by atoms with Crippen LogP contribution in [0.25, 0.3) is 11.3 Å². The molecule has 3 aromatic carbocycles. The number of sulfonamides is 1. The minimum atomic E-state index is -3.83. The van der Waals surface area contributed by atoms with E-state index < -0.39 is 15.9 Å². The molecule has 174 valence electrons. The van der Waals surface area contributed by atoms with Crippen molar-refractivity contribution in [3.05, 3.63) is 88.3 Å². The zero-order valence-electron chi connectivity index (χ0n) is 18.2. The van der Waals surface area contributed by atoms with E-state index in [0.717, 1.165) is 22.6 Å². The molecular weight excluding hydrogens is 494 g/mol. The van der Waals surface area contributed by atoms with Crippen molar-refractivity contribution in [3.8, 4) is 17.0 Å². The van der Waals surface area contributed by atoms with Gasteiger partial charge in [-0.3, -0.25) is 14.8 Å². The van der Waals surface area contributed by atoms with Gasteiger partial charge in [-0.15, -0.1) is 11.3 Å². The van der Waals surface area contributed by atoms with Crippen LogP contribution in [0.2, 0.25) is 5.02 Å². The molecule has 0 aliphatic heterocycles. The maximum atomic E-state index is 12.8. The summed E-state index contributed by atoms with van der Waals surface area (Å²) in [7, 11) is -2.21. The molecule has 0 aliphatic carbocycles. The molecule has 10 heteroatoms. The molecule has 7 nitrogen and oxygen atoms in total. The third-order valence-corrected chi connectivity index (χ3v) is 7.32. The fourth-order valence-electron chi connectivity index (χ4n) is 3.22. The van der Waals surface area contributed by atoms with Gasteiger partial charge in [0.25, 0.3) is 15.9 Å². The molecule has 0 radical (unpaired) electrons. The van der Waals surface area contributed by atoms with E-state index in [-0.39, 0.29) is 16.1 Å². The molecule has 1 heterocycles. The molecule has 0 saturated heterocycles. The minimum Gasteiger partial charge on any atom is -0.496 e. The van der Waals surface area contributed by atoms with Crippen LogP contribution in [-0.2, 0) is 10.0 Å². The van der Waals surface area contributed by atoms with Gasteiger partial charge in [-0.25, -0.2) is 13.4 Å². The van der Waals surface area contributed by atoms with E-state index in [1.807, 2.05) is 30.5 Å². The Hall–Kier alpha value is -3.40. The largest absolute Gasteiger partial charge is 0.496 e. The van der Waals surface area contributed by atoms with E-state index in [9.17, 15) is 13.2 Å². The predicted octanol–water partition coefficient (Wildman–Crippen LogP) is 5.83. The Labute approximate surface area is 206 Å². The summed E-state index contributed by atoms with van der Waals surface area (Å²) < 4.78 is 33.0. The van der Waals surface area contributed by atoms with Gasteiger partial charge >= 0.3 is 0 Å². The molecule has 4 aromatic rings. The average Bonchev–Trinajstić information content (AvgIpc) is 3.27. The highest BCUT2D eigenvalue weighted by Crippen LogP contribution is 2.29. The standard InChI is InChI=1S/C24H20ClN3O4S2/c1-15-12-16(6-11-22(15)32-2)21-14-33-24(26-21)27-23(29)17-4-3-5-19(13-17)28-34(30,31)20-9-7-18(25)8-10-20/h3-14,28H,1-2H3,(H,26,27,29). The third kappa shape index (κ3) is 5.39. The maximum Gasteiger partial charge on any atom is 0.261 e. The van der Waals surface area contributed by atoms with Crippen LogP contribution in [0.4, 0.5) is 10.8 Å². The lowest BCUT2D eigenvalue weighted by Gasteiger charge is -2.09. The molecule has 2 N–H and O–H groups in total. The molecule has 0 fully saturated rings. The Balaban J connectivity index is 1.48. The summed E-state index contributed by atoms with van der Waals surface area (Å²) in [6.45, 7) is 1.95. The van der Waals surface area contributed by atoms with Gasteiger partial charge in [0.1, 0.15) is 5.75 Å². The summed E-state index contributed by atoms with van der Waals surface area (Å²) in [4.78, 5) is 17.3. The van der Waals surface area contributed by atoms with E-state index in [2.05, 4.69) is 15.0 Å². The van der Waals surface area contributed by atoms with E-state index in [4.69, 9.17) is 16.3 Å². The van der Waals surface area contributed by atoms with Gasteiger partial charge in [-0.2, -0.15) is 0 Å². The lowest BCUT2D eigenvalue weighted by atomic mass is 10.1. The first kappa shape index (κ1) is 23.7. The number of anilines is 2. The van der Waals surface area contributed by atoms with E-state index >= 15 is 0 Å². The number of amides is 1. The quantitative estimate of drug-likeness (QED) is 0.324. The summed E-state index contributed by atoms with van der Waals surface area (Å²) in [6, 6.07) is 17.8. The molecule has 1 amide bonds. The Kier molecular flexibility index (Phi) is 6.87. The van der Waals surface area contributed by atoms with Crippen molar-refractivity contribution >= 4 is 49.7 Å². The van der Waals surface area contributed by atoms with Gasteiger partial charge in [-0.05, 0) is 73.2 Å². The number of hydrogen-bond acceptors (Lipinski definition) is 6. The summed E-state index contributed by atoms with van der Waals surface area (Å²) in [5, 5.41) is 5.49. The van der Waals surface area contributed by atoms with Crippen LogP contribution >= 0.6 is 22.9 Å². The monoisotopic (exact) mass is 513 g/mol. The molecule has 0 atom stereocenters. The minimum absolute atomic E-state index is 0.0656. The van der Waals surface area contributed by atoms with Gasteiger partial charge in [-0.1, -0.05) is 17.7 Å². The fourth-order valence-corrected chi connectivity index (χ4v) is 5.11. The highest BCUT2D eigenvalue weighted by Gasteiger charge is 2.16. The number of carbonyl (C=O) groups is 1. The van der Waals surface area contributed by atoms with Gasteiger partial charge in [0.15, 0.2) is 5.13 Å². The molecule has 0 bridgehead atoms. The van der Waals surface area contributed by atoms with E-state index in [0.29, 0.717) is 10.2 Å². The lowest BCUT2D eigenvalue weighted by Crippen LogP contribution is -2.15. The van der Waals surface area contributed by atoms with Crippen molar-refractivity contribution in [1.82, 2.24) is 4.98 Å². The van der Waals surface area contributed by atoms with Gasteiger partial charge in [0, 0.05) is 27.2 Å². The molecule has 0 spiro atoms. The molecule has 0 unspecified atom stereocenters. The molecule has 0 saturated carbocycles. The number of rotatable bonds is 7. The smallest absolute Gasteiger partial charge is 0.261 e. The second-order valence-corrected chi connectivity index (χ2v) is 10.3. The van der Waals surface area contributed by atoms with Crippen molar-refractivity contribution in [3.63, 3.8) is 0 Å². The number of halogens is 1. The molecule has 34 heavy (non-hydrogen) atoms. The van der Waals surface area contributed by atoms with Crippen LogP contribution < -0.4 is 14.8 Å². The number of benzene rings is 3. The molecule has 4 rings (SSSR count). The first-order valence-corrected chi connectivity index (χ1v) is 12.8. The number of carbonyl (C=O) groups excluding carboxylic acids is 1. The normalized spacial score (nSPS) is 11.1. The van der Waals surface area contributed by atoms with Crippen LogP contribution in [0.1, 0.15) is 15.9 Å². The SMILES string of the molecule is COc1ccc(-c2csc(NC(=O)c3cccc(NS(=O)(=O)c4ccc(Cl)cc4)c3)n2)cc1C. The second kappa shape index (κ2) is 9.84. The number of methoxy groups -OCH3 is 1. The topological polar surface area (TPSA) is 97.4 Å². The summed E-state index contributed by atoms with van der Waals surface area (Å²) in [5.74, 6) is 0.387. The summed E-state index contributed by atoms with van der Waals surface area (Å²) in [6.07, 6.45) is 0. The van der Waals surface area contributed by atoms with Crippen molar-refractivity contribution in [1.29, 1.82) is 0 Å². The van der Waals surface area contributed by atoms with Crippen LogP contribution in [0.3, 0.4) is 0 Å². The van der Waals surface area contributed by atoms with Gasteiger partial charge < -0.3 is 4.74 Å². The van der Waals surface area contributed by atoms with E-state index in [1.165, 1.54) is 41.7 Å². The lowest BCUT2D eigenvalue weighted by molar-refractivity contribution is 0.102.